The molecule has 0 saturated carbocycles. The van der Waals surface area contributed by atoms with E-state index < -0.39 is 31.4 Å². The van der Waals surface area contributed by atoms with Crippen LogP contribution in [0, 0.1) is 0 Å². The van der Waals surface area contributed by atoms with Crippen molar-refractivity contribution in [2.24, 2.45) is 0 Å². The molecule has 1 N–H and O–H groups in total. The Bertz CT molecular complexity index is 811. The summed E-state index contributed by atoms with van der Waals surface area (Å²) in [4.78, 5) is 22.5. The van der Waals surface area contributed by atoms with Crippen LogP contribution in [0.4, 0.5) is 4.39 Å². The standard InChI is InChI=1S/C21H23FO7/c1-4-19(23)29-18-10-7-15(11-17(18)22)14-5-8-16(9-6-14)28-21(25)27-12-26-20(24)13(2)3/h5-10,17,21,25H,2,4,11-12H2,1,3H3. The number of benzene rings is 1. The van der Waals surface area contributed by atoms with Gasteiger partial charge in [0.05, 0.1) is 0 Å². The molecule has 0 bridgehead atoms. The third-order valence-corrected chi connectivity index (χ3v) is 3.89. The molecule has 0 aliphatic heterocycles. The average Bonchev–Trinajstić information content (AvgIpc) is 2.69. The number of rotatable bonds is 9. The number of halogens is 1. The minimum atomic E-state index is -1.64. The molecular formula is C21H23FO7. The van der Waals surface area contributed by atoms with Crippen LogP contribution in [0.15, 0.2) is 54.3 Å². The molecule has 0 radical (unpaired) electrons. The fraction of sp³-hybridized carbons (Fsp3) is 0.333. The third kappa shape index (κ3) is 6.85. The predicted molar refractivity (Wildman–Crippen MR) is 102 cm³/mol. The van der Waals surface area contributed by atoms with Crippen molar-refractivity contribution in [2.45, 2.75) is 39.3 Å². The van der Waals surface area contributed by atoms with E-state index in [-0.39, 0.29) is 24.2 Å². The smallest absolute Gasteiger partial charge is 0.335 e. The molecule has 1 aromatic rings. The van der Waals surface area contributed by atoms with E-state index >= 15 is 0 Å². The molecule has 0 saturated heterocycles. The van der Waals surface area contributed by atoms with Crippen LogP contribution in [0.25, 0.3) is 5.57 Å². The van der Waals surface area contributed by atoms with Crippen LogP contribution in [0.2, 0.25) is 0 Å². The van der Waals surface area contributed by atoms with Crippen molar-refractivity contribution in [1.82, 2.24) is 0 Å². The monoisotopic (exact) mass is 406 g/mol. The molecule has 2 unspecified atom stereocenters. The van der Waals surface area contributed by atoms with E-state index in [2.05, 4.69) is 11.3 Å². The highest BCUT2D eigenvalue weighted by Crippen LogP contribution is 2.30. The number of carbonyl (C=O) groups is 2. The number of hydrogen-bond acceptors (Lipinski definition) is 7. The van der Waals surface area contributed by atoms with E-state index in [4.69, 9.17) is 14.2 Å². The Morgan fingerprint density at radius 3 is 2.55 bits per heavy atom. The molecule has 7 nitrogen and oxygen atoms in total. The minimum Gasteiger partial charge on any atom is -0.441 e. The van der Waals surface area contributed by atoms with Crippen molar-refractivity contribution < 1.29 is 38.0 Å². The summed E-state index contributed by atoms with van der Waals surface area (Å²) in [6, 6.07) is 6.54. The summed E-state index contributed by atoms with van der Waals surface area (Å²) in [5.41, 5.74) is 1.68. The normalized spacial score (nSPS) is 16.9. The molecule has 2 rings (SSSR count). The minimum absolute atomic E-state index is 0.00757. The first kappa shape index (κ1) is 22.3. The largest absolute Gasteiger partial charge is 0.441 e. The number of alkyl halides is 1. The van der Waals surface area contributed by atoms with Crippen LogP contribution in [-0.4, -0.2) is 36.5 Å². The molecule has 8 heteroatoms. The molecule has 1 aliphatic carbocycles. The van der Waals surface area contributed by atoms with Crippen LogP contribution < -0.4 is 4.74 Å². The van der Waals surface area contributed by atoms with Gasteiger partial charge in [0, 0.05) is 18.4 Å². The maximum absolute atomic E-state index is 14.3. The summed E-state index contributed by atoms with van der Waals surface area (Å²) in [6.07, 6.45) is 1.99. The lowest BCUT2D eigenvalue weighted by atomic mass is 9.95. The summed E-state index contributed by atoms with van der Waals surface area (Å²) < 4.78 is 33.9. The zero-order valence-electron chi connectivity index (χ0n) is 16.2. The van der Waals surface area contributed by atoms with Crippen molar-refractivity contribution >= 4 is 17.5 Å². The van der Waals surface area contributed by atoms with Crippen molar-refractivity contribution in [3.05, 3.63) is 59.9 Å². The topological polar surface area (TPSA) is 91.3 Å². The molecule has 29 heavy (non-hydrogen) atoms. The van der Waals surface area contributed by atoms with Gasteiger partial charge in [-0.05, 0) is 36.3 Å². The van der Waals surface area contributed by atoms with Crippen LogP contribution in [0.5, 0.6) is 5.75 Å². The van der Waals surface area contributed by atoms with Gasteiger partial charge in [0.25, 0.3) is 0 Å². The summed E-state index contributed by atoms with van der Waals surface area (Å²) in [6.45, 7) is 4.41. The quantitative estimate of drug-likeness (QED) is 0.382. The van der Waals surface area contributed by atoms with Crippen LogP contribution in [0.1, 0.15) is 32.3 Å². The van der Waals surface area contributed by atoms with Gasteiger partial charge in [-0.3, -0.25) is 9.53 Å². The van der Waals surface area contributed by atoms with Gasteiger partial charge in [-0.25, -0.2) is 9.18 Å². The maximum atomic E-state index is 14.3. The van der Waals surface area contributed by atoms with Crippen molar-refractivity contribution in [2.75, 3.05) is 6.79 Å². The molecular weight excluding hydrogens is 383 g/mol. The summed E-state index contributed by atoms with van der Waals surface area (Å²) in [7, 11) is 0. The van der Waals surface area contributed by atoms with Crippen LogP contribution >= 0.6 is 0 Å². The van der Waals surface area contributed by atoms with E-state index in [9.17, 15) is 19.1 Å². The van der Waals surface area contributed by atoms with E-state index in [1.54, 1.807) is 37.3 Å². The fourth-order valence-corrected chi connectivity index (χ4v) is 2.33. The Balaban J connectivity index is 1.90. The molecule has 1 aliphatic rings. The number of esters is 2. The Morgan fingerprint density at radius 2 is 1.97 bits per heavy atom. The van der Waals surface area contributed by atoms with Gasteiger partial charge in [-0.1, -0.05) is 31.7 Å². The maximum Gasteiger partial charge on any atom is 0.335 e. The Kier molecular flexibility index (Phi) is 8.11. The first-order valence-electron chi connectivity index (χ1n) is 8.95. The first-order chi connectivity index (χ1) is 13.8. The Morgan fingerprint density at radius 1 is 1.28 bits per heavy atom. The van der Waals surface area contributed by atoms with Crippen molar-refractivity contribution in [3.63, 3.8) is 0 Å². The lowest BCUT2D eigenvalue weighted by molar-refractivity contribution is -0.250. The van der Waals surface area contributed by atoms with E-state index in [0.29, 0.717) is 5.75 Å². The van der Waals surface area contributed by atoms with Crippen molar-refractivity contribution in [3.8, 4) is 5.75 Å². The summed E-state index contributed by atoms with van der Waals surface area (Å²) in [5.74, 6) is -0.815. The number of allylic oxidation sites excluding steroid dienone is 4. The van der Waals surface area contributed by atoms with Crippen LogP contribution in [0.3, 0.4) is 0 Å². The Labute approximate surface area is 168 Å². The second kappa shape index (κ2) is 10.5. The van der Waals surface area contributed by atoms with Gasteiger partial charge in [0.2, 0.25) is 0 Å². The third-order valence-electron chi connectivity index (χ3n) is 3.89. The molecule has 0 spiro atoms. The lowest BCUT2D eigenvalue weighted by Gasteiger charge is -2.19. The molecule has 0 amide bonds. The molecule has 0 heterocycles. The van der Waals surface area contributed by atoms with Gasteiger partial charge >= 0.3 is 18.4 Å². The van der Waals surface area contributed by atoms with E-state index in [0.717, 1.165) is 11.1 Å². The van der Waals surface area contributed by atoms with E-state index in [1.807, 2.05) is 0 Å². The molecule has 0 fully saturated rings. The van der Waals surface area contributed by atoms with Gasteiger partial charge < -0.3 is 19.3 Å². The molecule has 2 atom stereocenters. The number of carbonyl (C=O) groups excluding carboxylic acids is 2. The van der Waals surface area contributed by atoms with Gasteiger partial charge in [-0.15, -0.1) is 0 Å². The highest BCUT2D eigenvalue weighted by molar-refractivity contribution is 5.86. The first-order valence-corrected chi connectivity index (χ1v) is 8.95. The highest BCUT2D eigenvalue weighted by Gasteiger charge is 2.22. The van der Waals surface area contributed by atoms with Gasteiger partial charge in [0.15, 0.2) is 13.0 Å². The summed E-state index contributed by atoms with van der Waals surface area (Å²) >= 11 is 0. The number of aliphatic hydroxyl groups is 1. The lowest BCUT2D eigenvalue weighted by Crippen LogP contribution is -2.22. The predicted octanol–water partition coefficient (Wildman–Crippen LogP) is 3.40. The second-order valence-corrected chi connectivity index (χ2v) is 6.21. The highest BCUT2D eigenvalue weighted by atomic mass is 19.1. The Hall–Kier alpha value is -2.97. The number of ether oxygens (including phenoxy) is 4. The SMILES string of the molecule is C=C(C)C(=O)OCOC(O)Oc1ccc(C2=CC=C(OC(=O)CC)C(F)C2)cc1. The van der Waals surface area contributed by atoms with Gasteiger partial charge in [-0.2, -0.15) is 0 Å². The van der Waals surface area contributed by atoms with E-state index in [1.165, 1.54) is 13.0 Å². The fourth-order valence-electron chi connectivity index (χ4n) is 2.33. The number of hydrogen-bond donors (Lipinski definition) is 1. The molecule has 0 aromatic heterocycles. The number of aliphatic hydroxyl groups excluding tert-OH is 1. The van der Waals surface area contributed by atoms with Crippen molar-refractivity contribution in [1.29, 1.82) is 0 Å². The summed E-state index contributed by atoms with van der Waals surface area (Å²) in [5, 5.41) is 9.66. The molecule has 156 valence electrons. The molecule has 1 aromatic carbocycles. The van der Waals surface area contributed by atoms with Gasteiger partial charge in [0.1, 0.15) is 11.5 Å². The average molecular weight is 406 g/mol. The second-order valence-electron chi connectivity index (χ2n) is 6.21. The van der Waals surface area contributed by atoms with Crippen LogP contribution in [-0.2, 0) is 23.8 Å². The zero-order valence-corrected chi connectivity index (χ0v) is 16.2. The zero-order chi connectivity index (χ0) is 21.4.